The molecule has 1 aromatic carbocycles. The second-order valence-corrected chi connectivity index (χ2v) is 11.6. The zero-order valence-electron chi connectivity index (χ0n) is 24.1. The number of para-hydroxylation sites is 1. The number of carbonyl (C=O) groups is 3. The van der Waals surface area contributed by atoms with Crippen LogP contribution >= 0.6 is 0 Å². The smallest absolute Gasteiger partial charge is 0.250 e. The first-order chi connectivity index (χ1) is 19.7. The van der Waals surface area contributed by atoms with E-state index in [4.69, 9.17) is 4.74 Å². The second-order valence-electron chi connectivity index (χ2n) is 11.6. The van der Waals surface area contributed by atoms with Gasteiger partial charge in [-0.2, -0.15) is 0 Å². The summed E-state index contributed by atoms with van der Waals surface area (Å²) in [7, 11) is 0. The van der Waals surface area contributed by atoms with Crippen LogP contribution in [0.4, 0.5) is 0 Å². The Balaban J connectivity index is 1.55. The monoisotopic (exact) mass is 564 g/mol. The van der Waals surface area contributed by atoms with E-state index in [-0.39, 0.29) is 50.0 Å². The molecule has 220 valence electrons. The molecule has 3 aliphatic rings. The Labute approximate surface area is 240 Å². The van der Waals surface area contributed by atoms with Crippen molar-refractivity contribution in [3.8, 4) is 0 Å². The van der Waals surface area contributed by atoms with Crippen molar-refractivity contribution >= 4 is 28.8 Å². The summed E-state index contributed by atoms with van der Waals surface area (Å²) in [6.45, 7) is 14.4. The first-order valence-corrected chi connectivity index (χ1v) is 14.4. The van der Waals surface area contributed by atoms with Crippen LogP contribution in [-0.2, 0) is 25.8 Å². The number of aliphatic hydroxyl groups is 1. The number of nitrogens with zero attached hydrogens (tertiary/aromatic N) is 6. The van der Waals surface area contributed by atoms with Crippen molar-refractivity contribution < 1.29 is 24.2 Å². The van der Waals surface area contributed by atoms with Crippen molar-refractivity contribution in [3.63, 3.8) is 0 Å². The number of ether oxygens (including phenoxy) is 1. The number of carbonyl (C=O) groups excluding carboxylic acids is 3. The van der Waals surface area contributed by atoms with Crippen LogP contribution in [0.2, 0.25) is 0 Å². The van der Waals surface area contributed by atoms with E-state index in [2.05, 4.69) is 23.5 Å². The number of hydrogen-bond donors (Lipinski definition) is 1. The average Bonchev–Trinajstić information content (AvgIpc) is 3.62. The standard InChI is InChI=1S/C30H40N6O5/c1-6-13-33(14-7-2)26(38)23-24-27(39)35(16-17-37)25(30(24)18-20(4)29(23,5)41-30)28(40)34(15-8-3)19-36-22-12-10-9-11-21(22)31-32-36/h6,8-12,20,23-25,37H,1,3,7,13-19H2,2,4-5H3/t20?,23-,24-,25?,29+,30?/m0/s1. The van der Waals surface area contributed by atoms with Crippen LogP contribution in [0.3, 0.4) is 0 Å². The zero-order valence-corrected chi connectivity index (χ0v) is 24.1. The Bertz CT molecular complexity index is 1360. The quantitative estimate of drug-likeness (QED) is 0.391. The van der Waals surface area contributed by atoms with Crippen molar-refractivity contribution in [2.75, 3.05) is 32.8 Å². The van der Waals surface area contributed by atoms with Gasteiger partial charge >= 0.3 is 0 Å². The molecule has 3 fully saturated rings. The molecule has 1 aromatic heterocycles. The van der Waals surface area contributed by atoms with E-state index in [1.807, 2.05) is 45.0 Å². The normalized spacial score (nSPS) is 30.0. The molecule has 4 heterocycles. The van der Waals surface area contributed by atoms with Gasteiger partial charge in [-0.15, -0.1) is 18.3 Å². The maximum atomic E-state index is 14.5. The fourth-order valence-corrected chi connectivity index (χ4v) is 7.39. The van der Waals surface area contributed by atoms with Crippen LogP contribution in [0, 0.1) is 17.8 Å². The summed E-state index contributed by atoms with van der Waals surface area (Å²) in [4.78, 5) is 47.6. The minimum atomic E-state index is -1.20. The molecule has 11 heteroatoms. The highest BCUT2D eigenvalue weighted by atomic mass is 16.5. The van der Waals surface area contributed by atoms with Gasteiger partial charge in [-0.25, -0.2) is 4.68 Å². The average molecular weight is 565 g/mol. The van der Waals surface area contributed by atoms with E-state index < -0.39 is 29.1 Å². The number of rotatable bonds is 12. The molecular weight excluding hydrogens is 524 g/mol. The Hall–Kier alpha value is -3.57. The molecular formula is C30H40N6O5. The Morgan fingerprint density at radius 1 is 1.20 bits per heavy atom. The van der Waals surface area contributed by atoms with Gasteiger partial charge in [0.1, 0.15) is 23.8 Å². The lowest BCUT2D eigenvalue weighted by Crippen LogP contribution is -2.57. The van der Waals surface area contributed by atoms with Crippen molar-refractivity contribution in [3.05, 3.63) is 49.6 Å². The molecule has 1 spiro atoms. The Morgan fingerprint density at radius 3 is 2.59 bits per heavy atom. The summed E-state index contributed by atoms with van der Waals surface area (Å²) in [5.74, 6) is -2.49. The van der Waals surface area contributed by atoms with Crippen LogP contribution in [0.15, 0.2) is 49.6 Å². The van der Waals surface area contributed by atoms with E-state index in [9.17, 15) is 19.5 Å². The molecule has 6 atom stereocenters. The number of likely N-dealkylation sites (tertiary alicyclic amines) is 1. The predicted molar refractivity (Wildman–Crippen MR) is 152 cm³/mol. The van der Waals surface area contributed by atoms with Gasteiger partial charge in [-0.3, -0.25) is 14.4 Å². The van der Waals surface area contributed by atoms with Crippen molar-refractivity contribution in [2.24, 2.45) is 17.8 Å². The van der Waals surface area contributed by atoms with E-state index in [1.165, 1.54) is 4.90 Å². The van der Waals surface area contributed by atoms with Gasteiger partial charge in [0, 0.05) is 26.2 Å². The Morgan fingerprint density at radius 2 is 1.90 bits per heavy atom. The van der Waals surface area contributed by atoms with Crippen LogP contribution in [0.5, 0.6) is 0 Å². The summed E-state index contributed by atoms with van der Waals surface area (Å²) < 4.78 is 8.45. The summed E-state index contributed by atoms with van der Waals surface area (Å²) in [6, 6.07) is 6.46. The third kappa shape index (κ3) is 4.37. The highest BCUT2D eigenvalue weighted by Gasteiger charge is 2.80. The predicted octanol–water partition coefficient (Wildman–Crippen LogP) is 1.83. The molecule has 3 amide bonds. The molecule has 2 bridgehead atoms. The van der Waals surface area contributed by atoms with Gasteiger partial charge in [0.25, 0.3) is 0 Å². The number of β-amino-alcohol motifs (C(OH)–C–C–N with tert-alkyl or cyclic N) is 1. The topological polar surface area (TPSA) is 121 Å². The minimum Gasteiger partial charge on any atom is -0.395 e. The minimum absolute atomic E-state index is 0.0393. The molecule has 3 unspecified atom stereocenters. The summed E-state index contributed by atoms with van der Waals surface area (Å²) >= 11 is 0. The van der Waals surface area contributed by atoms with E-state index in [1.54, 1.807) is 26.6 Å². The van der Waals surface area contributed by atoms with Gasteiger partial charge in [0.2, 0.25) is 17.7 Å². The molecule has 41 heavy (non-hydrogen) atoms. The van der Waals surface area contributed by atoms with Gasteiger partial charge in [-0.1, -0.05) is 43.3 Å². The van der Waals surface area contributed by atoms with Crippen LogP contribution in [-0.4, -0.2) is 103 Å². The summed E-state index contributed by atoms with van der Waals surface area (Å²) in [6.07, 6.45) is 4.52. The third-order valence-electron chi connectivity index (χ3n) is 9.20. The molecule has 0 saturated carbocycles. The SMILES string of the molecule is C=CCN(Cn1nnc2ccccc21)C(=O)C1N(CCO)C(=O)[C@@H]2[C@@H](C(=O)N(CC=C)CCC)[C@]3(C)OC12CC3C. The lowest BCUT2D eigenvalue weighted by Gasteiger charge is -2.39. The molecule has 1 N–H and O–H groups in total. The van der Waals surface area contributed by atoms with Crippen molar-refractivity contribution in [2.45, 2.75) is 57.5 Å². The molecule has 2 aromatic rings. The van der Waals surface area contributed by atoms with Gasteiger partial charge in [-0.05, 0) is 37.8 Å². The molecule has 3 aliphatic heterocycles. The first-order valence-electron chi connectivity index (χ1n) is 14.4. The number of aromatic nitrogens is 3. The number of aliphatic hydroxyl groups excluding tert-OH is 1. The molecule has 0 aliphatic carbocycles. The van der Waals surface area contributed by atoms with E-state index in [0.717, 1.165) is 11.9 Å². The number of hydrogen-bond acceptors (Lipinski definition) is 7. The first kappa shape index (κ1) is 28.9. The van der Waals surface area contributed by atoms with Gasteiger partial charge in [0.05, 0.1) is 29.6 Å². The maximum Gasteiger partial charge on any atom is 0.250 e. The maximum absolute atomic E-state index is 14.5. The third-order valence-corrected chi connectivity index (χ3v) is 9.20. The fourth-order valence-electron chi connectivity index (χ4n) is 7.39. The van der Waals surface area contributed by atoms with Crippen molar-refractivity contribution in [1.82, 2.24) is 29.7 Å². The van der Waals surface area contributed by atoms with Crippen LogP contribution in [0.25, 0.3) is 11.0 Å². The zero-order chi connectivity index (χ0) is 29.5. The number of amides is 3. The molecule has 5 rings (SSSR count). The summed E-state index contributed by atoms with van der Waals surface area (Å²) in [5.41, 5.74) is -0.650. The van der Waals surface area contributed by atoms with Gasteiger partial charge in [0.15, 0.2) is 0 Å². The highest BCUT2D eigenvalue weighted by Crippen LogP contribution is 2.65. The van der Waals surface area contributed by atoms with Gasteiger partial charge < -0.3 is 24.5 Å². The highest BCUT2D eigenvalue weighted by molar-refractivity contribution is 5.99. The van der Waals surface area contributed by atoms with Crippen molar-refractivity contribution in [1.29, 1.82) is 0 Å². The number of benzene rings is 1. The van der Waals surface area contributed by atoms with Crippen LogP contribution < -0.4 is 0 Å². The number of fused-ring (bicyclic) bond motifs is 2. The Kier molecular flexibility index (Phi) is 7.78. The van der Waals surface area contributed by atoms with E-state index in [0.29, 0.717) is 25.0 Å². The largest absolute Gasteiger partial charge is 0.395 e. The molecule has 3 saturated heterocycles. The fraction of sp³-hybridized carbons (Fsp3) is 0.567. The molecule has 0 radical (unpaired) electrons. The summed E-state index contributed by atoms with van der Waals surface area (Å²) in [5, 5.41) is 18.4. The lowest BCUT2D eigenvalue weighted by atomic mass is 9.62. The van der Waals surface area contributed by atoms with Crippen LogP contribution in [0.1, 0.15) is 33.6 Å². The second kappa shape index (κ2) is 11.0. The molecule has 11 nitrogen and oxygen atoms in total. The van der Waals surface area contributed by atoms with E-state index >= 15 is 0 Å². The lowest BCUT2D eigenvalue weighted by molar-refractivity contribution is -0.155.